The van der Waals surface area contributed by atoms with Crippen LogP contribution in [0.1, 0.15) is 43.5 Å². The number of piperidine rings is 1. The average molecular weight is 411 g/mol. The first-order chi connectivity index (χ1) is 14.5. The third-order valence-electron chi connectivity index (χ3n) is 6.21. The van der Waals surface area contributed by atoms with Crippen molar-refractivity contribution in [3.63, 3.8) is 0 Å². The lowest BCUT2D eigenvalue weighted by Crippen LogP contribution is -2.49. The van der Waals surface area contributed by atoms with Crippen LogP contribution in [0.4, 0.5) is 0 Å². The number of amides is 2. The molecule has 2 unspecified atom stereocenters. The molecule has 0 aliphatic carbocycles. The van der Waals surface area contributed by atoms with Gasteiger partial charge in [0.05, 0.1) is 18.8 Å². The lowest BCUT2D eigenvalue weighted by molar-refractivity contribution is -0.139. The second-order valence-corrected chi connectivity index (χ2v) is 8.32. The van der Waals surface area contributed by atoms with Crippen molar-refractivity contribution < 1.29 is 19.1 Å². The molecule has 0 saturated carbocycles. The van der Waals surface area contributed by atoms with Gasteiger partial charge in [0.15, 0.2) is 6.61 Å². The maximum atomic E-state index is 13.2. The number of hydrogen-bond donors (Lipinski definition) is 0. The van der Waals surface area contributed by atoms with E-state index in [1.54, 1.807) is 4.90 Å². The highest BCUT2D eigenvalue weighted by Crippen LogP contribution is 2.28. The number of carbonyl (C=O) groups excluding carboxylic acids is 2. The van der Waals surface area contributed by atoms with Gasteiger partial charge >= 0.3 is 0 Å². The van der Waals surface area contributed by atoms with Gasteiger partial charge in [-0.2, -0.15) is 0 Å². The van der Waals surface area contributed by atoms with Gasteiger partial charge in [-0.3, -0.25) is 9.59 Å². The van der Waals surface area contributed by atoms with Crippen LogP contribution in [0.2, 0.25) is 0 Å². The molecule has 2 aromatic carbocycles. The SMILES string of the molecule is CC1CCCC(C)N1C(=O)COc1cc2ccccc2cc1C(=O)N1CCOCC1. The largest absolute Gasteiger partial charge is 0.483 e. The van der Waals surface area contributed by atoms with Gasteiger partial charge in [-0.25, -0.2) is 0 Å². The Labute approximate surface area is 177 Å². The van der Waals surface area contributed by atoms with Gasteiger partial charge in [0.25, 0.3) is 11.8 Å². The molecule has 160 valence electrons. The first-order valence-corrected chi connectivity index (χ1v) is 10.9. The minimum atomic E-state index is -0.0776. The first-order valence-electron chi connectivity index (χ1n) is 10.9. The number of rotatable bonds is 4. The molecule has 30 heavy (non-hydrogen) atoms. The molecule has 6 heteroatoms. The van der Waals surface area contributed by atoms with Crippen LogP contribution in [0.15, 0.2) is 36.4 Å². The zero-order valence-corrected chi connectivity index (χ0v) is 17.8. The van der Waals surface area contributed by atoms with Crippen molar-refractivity contribution in [2.24, 2.45) is 0 Å². The van der Waals surface area contributed by atoms with Gasteiger partial charge in [0, 0.05) is 25.2 Å². The van der Waals surface area contributed by atoms with E-state index in [0.717, 1.165) is 30.0 Å². The highest BCUT2D eigenvalue weighted by molar-refractivity contribution is 6.01. The predicted molar refractivity (Wildman–Crippen MR) is 116 cm³/mol. The van der Waals surface area contributed by atoms with Crippen LogP contribution in [-0.4, -0.2) is 66.6 Å². The van der Waals surface area contributed by atoms with Crippen molar-refractivity contribution in [3.05, 3.63) is 42.0 Å². The number of morpholine rings is 1. The Balaban J connectivity index is 1.58. The van der Waals surface area contributed by atoms with Crippen LogP contribution in [0.5, 0.6) is 5.75 Å². The zero-order chi connectivity index (χ0) is 21.1. The molecule has 2 saturated heterocycles. The summed E-state index contributed by atoms with van der Waals surface area (Å²) in [4.78, 5) is 29.9. The molecule has 2 heterocycles. The summed E-state index contributed by atoms with van der Waals surface area (Å²) < 4.78 is 11.4. The molecule has 2 amide bonds. The molecule has 2 atom stereocenters. The molecule has 6 nitrogen and oxygen atoms in total. The summed E-state index contributed by atoms with van der Waals surface area (Å²) in [5.74, 6) is 0.370. The molecule has 2 aromatic rings. The number of ether oxygens (including phenoxy) is 2. The lowest BCUT2D eigenvalue weighted by Gasteiger charge is -2.39. The van der Waals surface area contributed by atoms with E-state index in [1.807, 2.05) is 41.3 Å². The Morgan fingerprint density at radius 3 is 2.33 bits per heavy atom. The molecular weight excluding hydrogens is 380 g/mol. The number of hydrogen-bond acceptors (Lipinski definition) is 4. The fourth-order valence-electron chi connectivity index (χ4n) is 4.57. The van der Waals surface area contributed by atoms with Gasteiger partial charge < -0.3 is 19.3 Å². The quantitative estimate of drug-likeness (QED) is 0.774. The number of benzene rings is 2. The van der Waals surface area contributed by atoms with Gasteiger partial charge in [-0.1, -0.05) is 24.3 Å². The standard InChI is InChI=1S/C24H30N2O4/c1-17-6-5-7-18(2)26(17)23(27)16-30-22-15-20-9-4-3-8-19(20)14-21(22)24(28)25-10-12-29-13-11-25/h3-4,8-9,14-15,17-18H,5-7,10-13,16H2,1-2H3. The van der Waals surface area contributed by atoms with E-state index in [9.17, 15) is 9.59 Å². The molecule has 4 rings (SSSR count). The number of fused-ring (bicyclic) bond motifs is 1. The van der Waals surface area contributed by atoms with Crippen LogP contribution >= 0.6 is 0 Å². The van der Waals surface area contributed by atoms with Gasteiger partial charge in [-0.05, 0) is 56.0 Å². The van der Waals surface area contributed by atoms with Crippen molar-refractivity contribution >= 4 is 22.6 Å². The molecule has 2 aliphatic rings. The van der Waals surface area contributed by atoms with Crippen molar-refractivity contribution in [2.75, 3.05) is 32.9 Å². The van der Waals surface area contributed by atoms with Gasteiger partial charge in [-0.15, -0.1) is 0 Å². The van der Waals surface area contributed by atoms with E-state index in [4.69, 9.17) is 9.47 Å². The van der Waals surface area contributed by atoms with Crippen LogP contribution in [0.25, 0.3) is 10.8 Å². The second kappa shape index (κ2) is 9.04. The van der Waals surface area contributed by atoms with E-state index < -0.39 is 0 Å². The molecule has 0 N–H and O–H groups in total. The Morgan fingerprint density at radius 1 is 1.03 bits per heavy atom. The second-order valence-electron chi connectivity index (χ2n) is 8.32. The van der Waals surface area contributed by atoms with E-state index in [1.165, 1.54) is 0 Å². The van der Waals surface area contributed by atoms with Crippen molar-refractivity contribution in [2.45, 2.75) is 45.2 Å². The fraction of sp³-hybridized carbons (Fsp3) is 0.500. The summed E-state index contributed by atoms with van der Waals surface area (Å²) in [5, 5.41) is 1.96. The molecular formula is C24H30N2O4. The number of nitrogens with zero attached hydrogens (tertiary/aromatic N) is 2. The molecule has 0 radical (unpaired) electrons. The minimum Gasteiger partial charge on any atom is -0.483 e. The Bertz CT molecular complexity index is 913. The van der Waals surface area contributed by atoms with Crippen molar-refractivity contribution in [3.8, 4) is 5.75 Å². The molecule has 2 aliphatic heterocycles. The zero-order valence-electron chi connectivity index (χ0n) is 17.8. The highest BCUT2D eigenvalue weighted by Gasteiger charge is 2.29. The summed E-state index contributed by atoms with van der Waals surface area (Å²) in [5.41, 5.74) is 0.503. The Hall–Kier alpha value is -2.60. The Kier molecular flexibility index (Phi) is 6.23. The van der Waals surface area contributed by atoms with Crippen LogP contribution in [0, 0.1) is 0 Å². The summed E-state index contributed by atoms with van der Waals surface area (Å²) >= 11 is 0. The topological polar surface area (TPSA) is 59.1 Å². The summed E-state index contributed by atoms with van der Waals surface area (Å²) in [6, 6.07) is 12.1. The van der Waals surface area contributed by atoms with Crippen LogP contribution < -0.4 is 4.74 Å². The number of likely N-dealkylation sites (tertiary alicyclic amines) is 1. The van der Waals surface area contributed by atoms with Crippen molar-refractivity contribution in [1.82, 2.24) is 9.80 Å². The summed E-state index contributed by atoms with van der Waals surface area (Å²) in [6.07, 6.45) is 3.19. The number of carbonyl (C=O) groups is 2. The highest BCUT2D eigenvalue weighted by atomic mass is 16.5. The van der Waals surface area contributed by atoms with E-state index in [-0.39, 0.29) is 30.5 Å². The monoisotopic (exact) mass is 410 g/mol. The average Bonchev–Trinajstić information content (AvgIpc) is 2.77. The van der Waals surface area contributed by atoms with Gasteiger partial charge in [0.1, 0.15) is 5.75 Å². The lowest BCUT2D eigenvalue weighted by atomic mass is 9.97. The van der Waals surface area contributed by atoms with Crippen molar-refractivity contribution in [1.29, 1.82) is 0 Å². The third kappa shape index (κ3) is 4.29. The minimum absolute atomic E-state index is 0.0207. The molecule has 2 fully saturated rings. The van der Waals surface area contributed by atoms with E-state index in [0.29, 0.717) is 37.6 Å². The predicted octanol–water partition coefficient (Wildman–Crippen LogP) is 3.48. The first kappa shape index (κ1) is 20.7. The summed E-state index contributed by atoms with van der Waals surface area (Å²) in [7, 11) is 0. The molecule has 0 aromatic heterocycles. The normalized spacial score (nSPS) is 22.2. The fourth-order valence-corrected chi connectivity index (χ4v) is 4.57. The van der Waals surface area contributed by atoms with Crippen LogP contribution in [-0.2, 0) is 9.53 Å². The van der Waals surface area contributed by atoms with Crippen LogP contribution in [0.3, 0.4) is 0 Å². The maximum Gasteiger partial charge on any atom is 0.260 e. The summed E-state index contributed by atoms with van der Waals surface area (Å²) in [6.45, 7) is 6.33. The Morgan fingerprint density at radius 2 is 1.67 bits per heavy atom. The van der Waals surface area contributed by atoms with E-state index >= 15 is 0 Å². The smallest absolute Gasteiger partial charge is 0.260 e. The maximum absolute atomic E-state index is 13.2. The van der Waals surface area contributed by atoms with E-state index in [2.05, 4.69) is 13.8 Å². The molecule has 0 bridgehead atoms. The molecule has 0 spiro atoms. The third-order valence-corrected chi connectivity index (χ3v) is 6.21. The van der Waals surface area contributed by atoms with Gasteiger partial charge in [0.2, 0.25) is 0 Å².